The number of hydrogen-bond acceptors (Lipinski definition) is 5. The molecule has 5 nitrogen and oxygen atoms in total. The summed E-state index contributed by atoms with van der Waals surface area (Å²) >= 11 is 7.31. The standard InChI is InChI=1S/C9H6ClN5S/c10-6-2-1-5(3-7(6)11)8-14-15-4-12-13-9(15)16-8/h1-4H,11H2. The summed E-state index contributed by atoms with van der Waals surface area (Å²) in [6.45, 7) is 0. The lowest BCUT2D eigenvalue weighted by Gasteiger charge is -1.99. The minimum Gasteiger partial charge on any atom is -0.398 e. The van der Waals surface area contributed by atoms with Crippen LogP contribution >= 0.6 is 22.9 Å². The third-order valence-corrected chi connectivity index (χ3v) is 3.44. The summed E-state index contributed by atoms with van der Waals surface area (Å²) in [5.74, 6) is 0. The second-order valence-electron chi connectivity index (χ2n) is 3.20. The molecule has 2 heterocycles. The van der Waals surface area contributed by atoms with Gasteiger partial charge in [-0.15, -0.1) is 10.2 Å². The van der Waals surface area contributed by atoms with Crippen LogP contribution in [0.5, 0.6) is 0 Å². The third-order valence-electron chi connectivity index (χ3n) is 2.13. The Labute approximate surface area is 99.5 Å². The van der Waals surface area contributed by atoms with Crippen molar-refractivity contribution in [1.82, 2.24) is 19.8 Å². The Kier molecular flexibility index (Phi) is 2.05. The molecule has 0 aliphatic carbocycles. The van der Waals surface area contributed by atoms with E-state index in [0.29, 0.717) is 10.7 Å². The maximum Gasteiger partial charge on any atom is 0.234 e. The molecule has 7 heteroatoms. The number of halogens is 1. The number of nitrogen functional groups attached to an aromatic ring is 1. The number of benzene rings is 1. The highest BCUT2D eigenvalue weighted by molar-refractivity contribution is 7.19. The van der Waals surface area contributed by atoms with E-state index in [9.17, 15) is 0 Å². The van der Waals surface area contributed by atoms with Crippen molar-refractivity contribution >= 4 is 33.6 Å². The summed E-state index contributed by atoms with van der Waals surface area (Å²) in [5, 5.41) is 13.4. The molecule has 80 valence electrons. The molecule has 0 radical (unpaired) electrons. The van der Waals surface area contributed by atoms with E-state index in [-0.39, 0.29) is 0 Å². The SMILES string of the molecule is Nc1cc(-c2nn3cnnc3s2)ccc1Cl. The van der Waals surface area contributed by atoms with Gasteiger partial charge in [-0.1, -0.05) is 29.0 Å². The Morgan fingerprint density at radius 1 is 1.38 bits per heavy atom. The number of nitrogens with zero attached hydrogens (tertiary/aromatic N) is 4. The molecule has 16 heavy (non-hydrogen) atoms. The lowest BCUT2D eigenvalue weighted by Crippen LogP contribution is -1.88. The fraction of sp³-hybridized carbons (Fsp3) is 0. The number of aromatic nitrogens is 4. The van der Waals surface area contributed by atoms with Gasteiger partial charge in [-0.25, -0.2) is 0 Å². The summed E-state index contributed by atoms with van der Waals surface area (Å²) < 4.78 is 1.63. The Hall–Kier alpha value is -1.66. The number of rotatable bonds is 1. The fourth-order valence-electron chi connectivity index (χ4n) is 1.35. The Morgan fingerprint density at radius 2 is 2.25 bits per heavy atom. The van der Waals surface area contributed by atoms with Crippen LogP contribution in [0.2, 0.25) is 5.02 Å². The molecular weight excluding hydrogens is 246 g/mol. The normalized spacial score (nSPS) is 11.1. The predicted octanol–water partition coefficient (Wildman–Crippen LogP) is 2.09. The monoisotopic (exact) mass is 251 g/mol. The van der Waals surface area contributed by atoms with E-state index in [0.717, 1.165) is 15.5 Å². The van der Waals surface area contributed by atoms with Crippen LogP contribution in [0, 0.1) is 0 Å². The van der Waals surface area contributed by atoms with Crippen molar-refractivity contribution in [2.75, 3.05) is 5.73 Å². The van der Waals surface area contributed by atoms with Gasteiger partial charge in [0, 0.05) is 5.56 Å². The van der Waals surface area contributed by atoms with E-state index in [4.69, 9.17) is 17.3 Å². The zero-order chi connectivity index (χ0) is 11.1. The van der Waals surface area contributed by atoms with Gasteiger partial charge < -0.3 is 5.73 Å². The van der Waals surface area contributed by atoms with Crippen LogP contribution in [0.25, 0.3) is 15.5 Å². The Morgan fingerprint density at radius 3 is 3.00 bits per heavy atom. The first-order valence-electron chi connectivity index (χ1n) is 4.46. The molecule has 0 aliphatic heterocycles. The molecule has 0 saturated heterocycles. The highest BCUT2D eigenvalue weighted by atomic mass is 35.5. The van der Waals surface area contributed by atoms with E-state index < -0.39 is 0 Å². The average Bonchev–Trinajstić information content (AvgIpc) is 2.81. The summed E-state index contributed by atoms with van der Waals surface area (Å²) in [7, 11) is 0. The first-order valence-corrected chi connectivity index (χ1v) is 5.66. The third kappa shape index (κ3) is 1.43. The molecule has 0 fully saturated rings. The molecule has 0 spiro atoms. The lowest BCUT2D eigenvalue weighted by molar-refractivity contribution is 0.960. The smallest absolute Gasteiger partial charge is 0.234 e. The van der Waals surface area contributed by atoms with Crippen LogP contribution < -0.4 is 5.73 Å². The first-order chi connectivity index (χ1) is 7.74. The van der Waals surface area contributed by atoms with Crippen LogP contribution in [-0.2, 0) is 0 Å². The highest BCUT2D eigenvalue weighted by Gasteiger charge is 2.08. The minimum absolute atomic E-state index is 0.546. The molecule has 0 atom stereocenters. The summed E-state index contributed by atoms with van der Waals surface area (Å²) in [6.07, 6.45) is 1.56. The number of anilines is 1. The molecule has 0 bridgehead atoms. The van der Waals surface area contributed by atoms with E-state index in [1.807, 2.05) is 6.07 Å². The van der Waals surface area contributed by atoms with E-state index >= 15 is 0 Å². The second kappa shape index (κ2) is 3.43. The van der Waals surface area contributed by atoms with Crippen molar-refractivity contribution in [3.05, 3.63) is 29.5 Å². The van der Waals surface area contributed by atoms with Crippen molar-refractivity contribution in [3.63, 3.8) is 0 Å². The van der Waals surface area contributed by atoms with Gasteiger partial charge in [-0.05, 0) is 12.1 Å². The van der Waals surface area contributed by atoms with Crippen LogP contribution in [0.15, 0.2) is 24.5 Å². The second-order valence-corrected chi connectivity index (χ2v) is 4.56. The van der Waals surface area contributed by atoms with Crippen molar-refractivity contribution in [3.8, 4) is 10.6 Å². The molecule has 3 rings (SSSR count). The van der Waals surface area contributed by atoms with Crippen molar-refractivity contribution < 1.29 is 0 Å². The maximum atomic E-state index is 5.86. The van der Waals surface area contributed by atoms with Crippen molar-refractivity contribution in [1.29, 1.82) is 0 Å². The molecule has 0 unspecified atom stereocenters. The average molecular weight is 252 g/mol. The molecule has 0 amide bonds. The van der Waals surface area contributed by atoms with Crippen LogP contribution in [0.1, 0.15) is 0 Å². The first kappa shape index (κ1) is 9.56. The maximum absolute atomic E-state index is 5.86. The van der Waals surface area contributed by atoms with Gasteiger partial charge in [0.2, 0.25) is 4.96 Å². The quantitative estimate of drug-likeness (QED) is 0.673. The van der Waals surface area contributed by atoms with E-state index in [2.05, 4.69) is 15.3 Å². The van der Waals surface area contributed by atoms with Gasteiger partial charge in [0.25, 0.3) is 0 Å². The van der Waals surface area contributed by atoms with E-state index in [1.165, 1.54) is 11.3 Å². The topological polar surface area (TPSA) is 69.1 Å². The van der Waals surface area contributed by atoms with Crippen LogP contribution in [0.4, 0.5) is 5.69 Å². The summed E-state index contributed by atoms with van der Waals surface area (Å²) in [4.78, 5) is 0.753. The number of hydrogen-bond donors (Lipinski definition) is 1. The highest BCUT2D eigenvalue weighted by Crippen LogP contribution is 2.29. The molecule has 2 N–H and O–H groups in total. The van der Waals surface area contributed by atoms with Crippen LogP contribution in [0.3, 0.4) is 0 Å². The number of fused-ring (bicyclic) bond motifs is 1. The summed E-state index contributed by atoms with van der Waals surface area (Å²) in [5.41, 5.74) is 7.21. The zero-order valence-electron chi connectivity index (χ0n) is 7.96. The van der Waals surface area contributed by atoms with Gasteiger partial charge in [0.15, 0.2) is 0 Å². The largest absolute Gasteiger partial charge is 0.398 e. The van der Waals surface area contributed by atoms with Gasteiger partial charge >= 0.3 is 0 Å². The Bertz CT molecular complexity index is 630. The summed E-state index contributed by atoms with van der Waals surface area (Å²) in [6, 6.07) is 5.44. The fourth-order valence-corrected chi connectivity index (χ4v) is 2.29. The van der Waals surface area contributed by atoms with Gasteiger partial charge in [0.1, 0.15) is 11.3 Å². The molecule has 3 aromatic rings. The van der Waals surface area contributed by atoms with Gasteiger partial charge in [-0.2, -0.15) is 9.61 Å². The van der Waals surface area contributed by atoms with Gasteiger partial charge in [-0.3, -0.25) is 0 Å². The van der Waals surface area contributed by atoms with Gasteiger partial charge in [0.05, 0.1) is 10.7 Å². The molecule has 0 aliphatic rings. The predicted molar refractivity (Wildman–Crippen MR) is 63.5 cm³/mol. The van der Waals surface area contributed by atoms with Crippen LogP contribution in [-0.4, -0.2) is 19.8 Å². The molecular formula is C9H6ClN5S. The molecule has 1 aromatic carbocycles. The van der Waals surface area contributed by atoms with Crippen molar-refractivity contribution in [2.24, 2.45) is 0 Å². The number of nitrogens with two attached hydrogens (primary N) is 1. The minimum atomic E-state index is 0.546. The lowest BCUT2D eigenvalue weighted by atomic mass is 10.2. The Balaban J connectivity index is 2.15. The van der Waals surface area contributed by atoms with Crippen molar-refractivity contribution in [2.45, 2.75) is 0 Å². The van der Waals surface area contributed by atoms with E-state index in [1.54, 1.807) is 23.0 Å². The zero-order valence-corrected chi connectivity index (χ0v) is 9.53. The molecule has 2 aromatic heterocycles. The molecule has 0 saturated carbocycles.